The monoisotopic (exact) mass is 226 g/mol. The molecular formula is C13H26N2O. The van der Waals surface area contributed by atoms with E-state index < -0.39 is 0 Å². The van der Waals surface area contributed by atoms with Crippen molar-refractivity contribution in [3.05, 3.63) is 0 Å². The van der Waals surface area contributed by atoms with Crippen LogP contribution in [0.5, 0.6) is 0 Å². The van der Waals surface area contributed by atoms with Crippen LogP contribution in [0.2, 0.25) is 0 Å². The number of hydrogen-bond acceptors (Lipinski definition) is 2. The lowest BCUT2D eigenvalue weighted by atomic mass is 9.93. The normalized spacial score (nSPS) is 20.1. The summed E-state index contributed by atoms with van der Waals surface area (Å²) in [4.78, 5) is 11.1. The first-order valence-corrected chi connectivity index (χ1v) is 6.68. The Kier molecular flexibility index (Phi) is 6.46. The molecule has 16 heavy (non-hydrogen) atoms. The van der Waals surface area contributed by atoms with E-state index in [9.17, 15) is 4.79 Å². The first-order valence-electron chi connectivity index (χ1n) is 6.68. The average molecular weight is 226 g/mol. The molecule has 0 heterocycles. The van der Waals surface area contributed by atoms with Gasteiger partial charge in [-0.15, -0.1) is 0 Å². The Morgan fingerprint density at radius 1 is 1.25 bits per heavy atom. The van der Waals surface area contributed by atoms with E-state index in [4.69, 9.17) is 0 Å². The zero-order valence-electron chi connectivity index (χ0n) is 10.7. The van der Waals surface area contributed by atoms with Crippen LogP contribution in [0.1, 0.15) is 51.9 Å². The molecule has 1 saturated carbocycles. The van der Waals surface area contributed by atoms with Gasteiger partial charge < -0.3 is 10.6 Å². The molecule has 0 aromatic carbocycles. The molecule has 1 aliphatic carbocycles. The van der Waals surface area contributed by atoms with Gasteiger partial charge >= 0.3 is 0 Å². The van der Waals surface area contributed by atoms with Crippen LogP contribution in [0, 0.1) is 5.92 Å². The average Bonchev–Trinajstić information content (AvgIpc) is 2.57. The van der Waals surface area contributed by atoms with Crippen LogP contribution in [0.3, 0.4) is 0 Å². The molecule has 0 radical (unpaired) electrons. The van der Waals surface area contributed by atoms with E-state index in [-0.39, 0.29) is 5.91 Å². The number of nitrogens with one attached hydrogen (secondary N) is 2. The summed E-state index contributed by atoms with van der Waals surface area (Å²) in [6.45, 7) is 3.07. The van der Waals surface area contributed by atoms with Crippen molar-refractivity contribution >= 4 is 5.91 Å². The molecule has 1 aliphatic rings. The molecule has 1 fully saturated rings. The topological polar surface area (TPSA) is 41.1 Å². The van der Waals surface area contributed by atoms with Crippen molar-refractivity contribution in [1.82, 2.24) is 10.6 Å². The third-order valence-corrected chi connectivity index (χ3v) is 3.70. The van der Waals surface area contributed by atoms with Gasteiger partial charge in [0, 0.05) is 26.1 Å². The first kappa shape index (κ1) is 13.5. The molecule has 2 N–H and O–H groups in total. The van der Waals surface area contributed by atoms with E-state index in [0.717, 1.165) is 12.5 Å². The minimum absolute atomic E-state index is 0.126. The van der Waals surface area contributed by atoms with Crippen molar-refractivity contribution in [3.63, 3.8) is 0 Å². The lowest BCUT2D eigenvalue weighted by Gasteiger charge is -2.23. The van der Waals surface area contributed by atoms with E-state index in [1.165, 1.54) is 38.5 Å². The summed E-state index contributed by atoms with van der Waals surface area (Å²) >= 11 is 0. The van der Waals surface area contributed by atoms with Gasteiger partial charge in [-0.3, -0.25) is 4.79 Å². The van der Waals surface area contributed by atoms with Crippen molar-refractivity contribution in [2.24, 2.45) is 5.92 Å². The smallest absolute Gasteiger partial charge is 0.221 e. The number of carbonyl (C=O) groups excluding carboxylic acids is 1. The summed E-state index contributed by atoms with van der Waals surface area (Å²) in [5.41, 5.74) is 0. The maximum Gasteiger partial charge on any atom is 0.221 e. The van der Waals surface area contributed by atoms with Gasteiger partial charge in [-0.2, -0.15) is 0 Å². The van der Waals surface area contributed by atoms with Crippen molar-refractivity contribution in [2.45, 2.75) is 57.9 Å². The van der Waals surface area contributed by atoms with Gasteiger partial charge in [0.05, 0.1) is 0 Å². The van der Waals surface area contributed by atoms with Crippen LogP contribution in [-0.2, 0) is 4.79 Å². The van der Waals surface area contributed by atoms with Crippen LogP contribution in [0.4, 0.5) is 0 Å². The Morgan fingerprint density at radius 2 is 1.88 bits per heavy atom. The molecule has 0 bridgehead atoms. The third kappa shape index (κ3) is 4.97. The zero-order chi connectivity index (χ0) is 11.8. The molecule has 1 rings (SSSR count). The van der Waals surface area contributed by atoms with E-state index >= 15 is 0 Å². The van der Waals surface area contributed by atoms with Crippen molar-refractivity contribution in [2.75, 3.05) is 13.6 Å². The number of carbonyl (C=O) groups is 1. The van der Waals surface area contributed by atoms with Crippen LogP contribution in [0.25, 0.3) is 0 Å². The second kappa shape index (κ2) is 7.66. The van der Waals surface area contributed by atoms with Gasteiger partial charge in [0.1, 0.15) is 0 Å². The predicted molar refractivity (Wildman–Crippen MR) is 67.3 cm³/mol. The van der Waals surface area contributed by atoms with Crippen molar-refractivity contribution < 1.29 is 4.79 Å². The van der Waals surface area contributed by atoms with Crippen LogP contribution >= 0.6 is 0 Å². The molecule has 3 nitrogen and oxygen atoms in total. The lowest BCUT2D eigenvalue weighted by Crippen LogP contribution is -2.35. The Morgan fingerprint density at radius 3 is 2.44 bits per heavy atom. The summed E-state index contributed by atoms with van der Waals surface area (Å²) in [5.74, 6) is 0.938. The highest BCUT2D eigenvalue weighted by molar-refractivity contribution is 5.75. The minimum atomic E-state index is 0.126. The predicted octanol–water partition coefficient (Wildman–Crippen LogP) is 2.07. The fourth-order valence-corrected chi connectivity index (χ4v) is 2.52. The molecule has 0 aliphatic heterocycles. The summed E-state index contributed by atoms with van der Waals surface area (Å²) in [5, 5.41) is 6.13. The highest BCUT2D eigenvalue weighted by Crippen LogP contribution is 2.25. The number of rotatable bonds is 5. The zero-order valence-corrected chi connectivity index (χ0v) is 10.7. The molecule has 0 aromatic heterocycles. The second-order valence-electron chi connectivity index (χ2n) is 4.92. The van der Waals surface area contributed by atoms with Crippen molar-refractivity contribution in [3.8, 4) is 0 Å². The van der Waals surface area contributed by atoms with E-state index in [2.05, 4.69) is 17.6 Å². The van der Waals surface area contributed by atoms with Gasteiger partial charge in [-0.1, -0.05) is 25.7 Å². The Labute approximate surface area is 99.4 Å². The maximum atomic E-state index is 11.1. The lowest BCUT2D eigenvalue weighted by molar-refractivity contribution is -0.120. The number of hydrogen-bond donors (Lipinski definition) is 2. The molecule has 94 valence electrons. The summed E-state index contributed by atoms with van der Waals surface area (Å²) in [6.07, 6.45) is 8.87. The Balaban J connectivity index is 2.17. The molecular weight excluding hydrogens is 200 g/mol. The first-order chi connectivity index (χ1) is 7.74. The van der Waals surface area contributed by atoms with Crippen molar-refractivity contribution in [1.29, 1.82) is 0 Å². The molecule has 1 amide bonds. The molecule has 0 unspecified atom stereocenters. The van der Waals surface area contributed by atoms with Gasteiger partial charge in [0.25, 0.3) is 0 Å². The fourth-order valence-electron chi connectivity index (χ4n) is 2.52. The highest BCUT2D eigenvalue weighted by atomic mass is 16.1. The molecule has 3 heteroatoms. The standard InChI is InChI=1S/C13H26N2O/c1-11(15-10-9-13(16)14-2)12-7-5-3-4-6-8-12/h11-12,15H,3-10H2,1-2H3,(H,14,16)/t11-/m1/s1. The quantitative estimate of drug-likeness (QED) is 0.705. The SMILES string of the molecule is CNC(=O)CCN[C@H](C)C1CCCCCC1. The Hall–Kier alpha value is -0.570. The third-order valence-electron chi connectivity index (χ3n) is 3.70. The van der Waals surface area contributed by atoms with Gasteiger partial charge in [0.15, 0.2) is 0 Å². The molecule has 0 spiro atoms. The molecule has 1 atom stereocenters. The second-order valence-corrected chi connectivity index (χ2v) is 4.92. The van der Waals surface area contributed by atoms with Gasteiger partial charge in [-0.05, 0) is 25.7 Å². The Bertz CT molecular complexity index is 198. The number of amides is 1. The van der Waals surface area contributed by atoms with Crippen LogP contribution in [-0.4, -0.2) is 25.5 Å². The molecule has 0 aromatic rings. The van der Waals surface area contributed by atoms with Gasteiger partial charge in [-0.25, -0.2) is 0 Å². The summed E-state index contributed by atoms with van der Waals surface area (Å²) in [7, 11) is 1.69. The summed E-state index contributed by atoms with van der Waals surface area (Å²) in [6, 6.07) is 0.558. The fraction of sp³-hybridized carbons (Fsp3) is 0.923. The van der Waals surface area contributed by atoms with Gasteiger partial charge in [0.2, 0.25) is 5.91 Å². The maximum absolute atomic E-state index is 11.1. The van der Waals surface area contributed by atoms with E-state index in [1.54, 1.807) is 7.05 Å². The highest BCUT2D eigenvalue weighted by Gasteiger charge is 2.18. The minimum Gasteiger partial charge on any atom is -0.359 e. The summed E-state index contributed by atoms with van der Waals surface area (Å²) < 4.78 is 0. The van der Waals surface area contributed by atoms with E-state index in [1.807, 2.05) is 0 Å². The molecule has 0 saturated heterocycles. The largest absolute Gasteiger partial charge is 0.359 e. The van der Waals surface area contributed by atoms with E-state index in [0.29, 0.717) is 12.5 Å². The van der Waals surface area contributed by atoms with Crippen LogP contribution < -0.4 is 10.6 Å². The van der Waals surface area contributed by atoms with Crippen LogP contribution in [0.15, 0.2) is 0 Å².